The van der Waals surface area contributed by atoms with E-state index in [9.17, 15) is 0 Å². The standard InChI is InChI=1S/C17H17Cl2NO2/c18-14-8-12(9-15(19)10-14)11-22-17-16(20-6-7-21-17)13-4-2-1-3-5-13/h1-5,8-10,16-17,20H,6-7,11H2/t16-,17?/m0/s1. The molecule has 2 aromatic carbocycles. The van der Waals surface area contributed by atoms with Gasteiger partial charge in [0.1, 0.15) is 0 Å². The lowest BCUT2D eigenvalue weighted by Gasteiger charge is -2.33. The first-order chi connectivity index (χ1) is 10.7. The van der Waals surface area contributed by atoms with Crippen molar-refractivity contribution in [3.05, 3.63) is 69.7 Å². The molecule has 2 aromatic rings. The van der Waals surface area contributed by atoms with Gasteiger partial charge < -0.3 is 14.8 Å². The van der Waals surface area contributed by atoms with Crippen molar-refractivity contribution in [3.8, 4) is 0 Å². The van der Waals surface area contributed by atoms with Gasteiger partial charge in [-0.1, -0.05) is 53.5 Å². The smallest absolute Gasteiger partial charge is 0.177 e. The van der Waals surface area contributed by atoms with E-state index in [1.54, 1.807) is 6.07 Å². The molecule has 1 heterocycles. The molecule has 0 radical (unpaired) electrons. The third kappa shape index (κ3) is 4.00. The van der Waals surface area contributed by atoms with E-state index in [4.69, 9.17) is 32.7 Å². The molecule has 22 heavy (non-hydrogen) atoms. The molecule has 0 bridgehead atoms. The number of ether oxygens (including phenoxy) is 2. The van der Waals surface area contributed by atoms with E-state index in [2.05, 4.69) is 17.4 Å². The molecule has 116 valence electrons. The van der Waals surface area contributed by atoms with Crippen LogP contribution < -0.4 is 5.32 Å². The molecule has 1 saturated heterocycles. The summed E-state index contributed by atoms with van der Waals surface area (Å²) in [7, 11) is 0. The number of rotatable bonds is 4. The molecule has 0 aliphatic carbocycles. The van der Waals surface area contributed by atoms with Crippen LogP contribution in [0.4, 0.5) is 0 Å². The highest BCUT2D eigenvalue weighted by Crippen LogP contribution is 2.25. The number of morpholine rings is 1. The zero-order valence-corrected chi connectivity index (χ0v) is 13.5. The third-order valence-electron chi connectivity index (χ3n) is 3.52. The van der Waals surface area contributed by atoms with Gasteiger partial charge >= 0.3 is 0 Å². The van der Waals surface area contributed by atoms with Crippen LogP contribution in [0.2, 0.25) is 10.0 Å². The Kier molecular flexibility index (Phi) is 5.34. The Morgan fingerprint density at radius 1 is 1.09 bits per heavy atom. The van der Waals surface area contributed by atoms with Crippen molar-refractivity contribution in [2.24, 2.45) is 0 Å². The molecule has 1 unspecified atom stereocenters. The summed E-state index contributed by atoms with van der Waals surface area (Å²) >= 11 is 12.0. The van der Waals surface area contributed by atoms with Crippen molar-refractivity contribution in [1.82, 2.24) is 5.32 Å². The van der Waals surface area contributed by atoms with Crippen LogP contribution in [0.5, 0.6) is 0 Å². The first-order valence-electron chi connectivity index (χ1n) is 7.19. The maximum atomic E-state index is 6.01. The molecule has 1 aliphatic rings. The second-order valence-corrected chi connectivity index (χ2v) is 6.04. The van der Waals surface area contributed by atoms with Crippen molar-refractivity contribution in [3.63, 3.8) is 0 Å². The van der Waals surface area contributed by atoms with Crippen LogP contribution in [0.25, 0.3) is 0 Å². The van der Waals surface area contributed by atoms with Crippen molar-refractivity contribution in [2.45, 2.75) is 18.9 Å². The van der Waals surface area contributed by atoms with E-state index in [1.165, 1.54) is 0 Å². The van der Waals surface area contributed by atoms with Gasteiger partial charge in [-0.3, -0.25) is 0 Å². The van der Waals surface area contributed by atoms with E-state index in [0.29, 0.717) is 23.3 Å². The second-order valence-electron chi connectivity index (χ2n) is 5.17. The van der Waals surface area contributed by atoms with Gasteiger partial charge in [-0.25, -0.2) is 0 Å². The summed E-state index contributed by atoms with van der Waals surface area (Å²) < 4.78 is 11.7. The molecular weight excluding hydrogens is 321 g/mol. The lowest BCUT2D eigenvalue weighted by Crippen LogP contribution is -2.43. The third-order valence-corrected chi connectivity index (χ3v) is 3.95. The number of halogens is 2. The molecule has 3 nitrogen and oxygen atoms in total. The van der Waals surface area contributed by atoms with Gasteiger partial charge in [0.2, 0.25) is 0 Å². The van der Waals surface area contributed by atoms with E-state index >= 15 is 0 Å². The van der Waals surface area contributed by atoms with Gasteiger partial charge in [-0.15, -0.1) is 0 Å². The Balaban J connectivity index is 1.69. The number of benzene rings is 2. The molecule has 0 saturated carbocycles. The predicted molar refractivity (Wildman–Crippen MR) is 88.2 cm³/mol. The lowest BCUT2D eigenvalue weighted by molar-refractivity contribution is -0.183. The normalized spacial score (nSPS) is 21.7. The minimum absolute atomic E-state index is 0.0182. The van der Waals surface area contributed by atoms with Crippen LogP contribution in [0, 0.1) is 0 Å². The highest BCUT2D eigenvalue weighted by Gasteiger charge is 2.27. The Morgan fingerprint density at radius 3 is 2.55 bits per heavy atom. The van der Waals surface area contributed by atoms with Crippen LogP contribution >= 0.6 is 23.2 Å². The highest BCUT2D eigenvalue weighted by molar-refractivity contribution is 6.34. The summed E-state index contributed by atoms with van der Waals surface area (Å²) in [5.41, 5.74) is 2.08. The molecule has 3 rings (SSSR count). The monoisotopic (exact) mass is 337 g/mol. The molecule has 1 aliphatic heterocycles. The van der Waals surface area contributed by atoms with Crippen molar-refractivity contribution in [2.75, 3.05) is 13.2 Å². The van der Waals surface area contributed by atoms with Crippen LogP contribution in [0.3, 0.4) is 0 Å². The Hall–Kier alpha value is -1.10. The first-order valence-corrected chi connectivity index (χ1v) is 7.94. The fraction of sp³-hybridized carbons (Fsp3) is 0.294. The maximum Gasteiger partial charge on any atom is 0.177 e. The van der Waals surface area contributed by atoms with E-state index in [0.717, 1.165) is 17.7 Å². The number of nitrogens with one attached hydrogen (secondary N) is 1. The van der Waals surface area contributed by atoms with Crippen molar-refractivity contribution in [1.29, 1.82) is 0 Å². The average molecular weight is 338 g/mol. The average Bonchev–Trinajstić information content (AvgIpc) is 2.53. The topological polar surface area (TPSA) is 30.5 Å². The highest BCUT2D eigenvalue weighted by atomic mass is 35.5. The van der Waals surface area contributed by atoms with E-state index < -0.39 is 0 Å². The number of hydrogen-bond acceptors (Lipinski definition) is 3. The fourth-order valence-corrected chi connectivity index (χ4v) is 3.11. The Labute approximate surface area is 140 Å². The van der Waals surface area contributed by atoms with Crippen LogP contribution in [0.15, 0.2) is 48.5 Å². The van der Waals surface area contributed by atoms with Crippen LogP contribution in [0.1, 0.15) is 17.2 Å². The SMILES string of the molecule is Clc1cc(Cl)cc(COC2OCCN[C@H]2c2ccccc2)c1. The number of hydrogen-bond donors (Lipinski definition) is 1. The second kappa shape index (κ2) is 7.44. The summed E-state index contributed by atoms with van der Waals surface area (Å²) in [6, 6.07) is 15.6. The fourth-order valence-electron chi connectivity index (χ4n) is 2.53. The zero-order valence-electron chi connectivity index (χ0n) is 12.0. The summed E-state index contributed by atoms with van der Waals surface area (Å²) in [5.74, 6) is 0. The van der Waals surface area contributed by atoms with E-state index in [-0.39, 0.29) is 12.3 Å². The van der Waals surface area contributed by atoms with Gasteiger partial charge in [0.15, 0.2) is 6.29 Å². The summed E-state index contributed by atoms with van der Waals surface area (Å²) in [5, 5.41) is 4.65. The molecule has 0 spiro atoms. The van der Waals surface area contributed by atoms with Gasteiger partial charge in [0.25, 0.3) is 0 Å². The van der Waals surface area contributed by atoms with Crippen LogP contribution in [-0.2, 0) is 16.1 Å². The Bertz CT molecular complexity index is 601. The van der Waals surface area contributed by atoms with Gasteiger partial charge in [-0.05, 0) is 29.3 Å². The summed E-state index contributed by atoms with van der Waals surface area (Å²) in [4.78, 5) is 0. The quantitative estimate of drug-likeness (QED) is 0.906. The minimum atomic E-state index is -0.339. The predicted octanol–water partition coefficient (Wildman–Crippen LogP) is 4.20. The van der Waals surface area contributed by atoms with Gasteiger partial charge in [0, 0.05) is 16.6 Å². The molecular formula is C17H17Cl2NO2. The van der Waals surface area contributed by atoms with Crippen molar-refractivity contribution < 1.29 is 9.47 Å². The zero-order chi connectivity index (χ0) is 15.4. The largest absolute Gasteiger partial charge is 0.349 e. The molecule has 0 amide bonds. The minimum Gasteiger partial charge on any atom is -0.349 e. The molecule has 1 fully saturated rings. The lowest BCUT2D eigenvalue weighted by atomic mass is 10.1. The van der Waals surface area contributed by atoms with Gasteiger partial charge in [0.05, 0.1) is 19.3 Å². The van der Waals surface area contributed by atoms with Crippen molar-refractivity contribution >= 4 is 23.2 Å². The molecule has 5 heteroatoms. The summed E-state index contributed by atoms with van der Waals surface area (Å²) in [6.45, 7) is 1.84. The summed E-state index contributed by atoms with van der Waals surface area (Å²) in [6.07, 6.45) is -0.339. The molecule has 2 atom stereocenters. The Morgan fingerprint density at radius 2 is 1.82 bits per heavy atom. The van der Waals surface area contributed by atoms with E-state index in [1.807, 2.05) is 30.3 Å². The molecule has 0 aromatic heterocycles. The molecule has 1 N–H and O–H groups in total. The maximum absolute atomic E-state index is 6.01. The van der Waals surface area contributed by atoms with Crippen LogP contribution in [-0.4, -0.2) is 19.4 Å². The van der Waals surface area contributed by atoms with Gasteiger partial charge in [-0.2, -0.15) is 0 Å². The first kappa shape index (κ1) is 15.8.